The van der Waals surface area contributed by atoms with Gasteiger partial charge in [-0.2, -0.15) is 0 Å². The molecule has 0 radical (unpaired) electrons. The number of nitrogens with zero attached hydrogens (tertiary/aromatic N) is 6. The van der Waals surface area contributed by atoms with Crippen LogP contribution in [0.25, 0.3) is 0 Å². The number of carbonyl (C=O) groups excluding carboxylic acids is 1. The van der Waals surface area contributed by atoms with Crippen LogP contribution < -0.4 is 9.80 Å². The number of hydrogen-bond donors (Lipinski definition) is 0. The quantitative estimate of drug-likeness (QED) is 0.740. The molecule has 8 nitrogen and oxygen atoms in total. The van der Waals surface area contributed by atoms with Gasteiger partial charge in [-0.25, -0.2) is 4.39 Å². The highest BCUT2D eigenvalue weighted by Crippen LogP contribution is 2.28. The van der Waals surface area contributed by atoms with E-state index in [1.807, 2.05) is 13.1 Å². The Kier molecular flexibility index (Phi) is 5.21. The molecule has 0 spiro atoms. The van der Waals surface area contributed by atoms with Crippen LogP contribution in [0, 0.1) is 6.92 Å². The molecule has 9 heteroatoms. The van der Waals surface area contributed by atoms with Crippen molar-refractivity contribution in [3.8, 4) is 0 Å². The molecule has 0 bridgehead atoms. The van der Waals surface area contributed by atoms with E-state index in [4.69, 9.17) is 9.72 Å². The average Bonchev–Trinajstić information content (AvgIpc) is 2.75. The molecule has 2 aromatic rings. The summed E-state index contributed by atoms with van der Waals surface area (Å²) < 4.78 is 18.7. The molecule has 2 fully saturated rings. The zero-order valence-electron chi connectivity index (χ0n) is 17.9. The SMILES string of the molecule is Cc1cc(C(=O)N2CC(F)C2)nnc1N1CCc2ncc(N3CCO[C@H](C)C3)cc2C1. The second-order valence-electron chi connectivity index (χ2n) is 8.64. The number of amides is 1. The van der Waals surface area contributed by atoms with Crippen molar-refractivity contribution in [1.82, 2.24) is 20.1 Å². The number of hydrogen-bond acceptors (Lipinski definition) is 7. The maximum absolute atomic E-state index is 13.1. The van der Waals surface area contributed by atoms with Crippen molar-refractivity contribution in [2.75, 3.05) is 49.1 Å². The number of ether oxygens (including phenoxy) is 1. The second-order valence-corrected chi connectivity index (χ2v) is 8.64. The summed E-state index contributed by atoms with van der Waals surface area (Å²) in [7, 11) is 0. The van der Waals surface area contributed by atoms with Crippen LogP contribution in [0.5, 0.6) is 0 Å². The third-order valence-corrected chi connectivity index (χ3v) is 6.23. The number of pyridine rings is 1. The molecular formula is C22H27FN6O2. The Labute approximate surface area is 181 Å². The fourth-order valence-electron chi connectivity index (χ4n) is 4.47. The molecule has 2 aromatic heterocycles. The van der Waals surface area contributed by atoms with Gasteiger partial charge in [-0.05, 0) is 37.1 Å². The summed E-state index contributed by atoms with van der Waals surface area (Å²) in [5.41, 5.74) is 4.61. The van der Waals surface area contributed by atoms with Crippen LogP contribution in [0.2, 0.25) is 0 Å². The predicted octanol–water partition coefficient (Wildman–Crippen LogP) is 1.76. The van der Waals surface area contributed by atoms with Crippen LogP contribution in [0.3, 0.4) is 0 Å². The highest BCUT2D eigenvalue weighted by Gasteiger charge is 2.32. The first-order valence-electron chi connectivity index (χ1n) is 10.8. The topological polar surface area (TPSA) is 74.7 Å². The van der Waals surface area contributed by atoms with Gasteiger partial charge in [0, 0.05) is 38.3 Å². The van der Waals surface area contributed by atoms with E-state index in [-0.39, 0.29) is 30.8 Å². The summed E-state index contributed by atoms with van der Waals surface area (Å²) in [5.74, 6) is 0.521. The summed E-state index contributed by atoms with van der Waals surface area (Å²) in [6.45, 7) is 8.28. The maximum Gasteiger partial charge on any atom is 0.274 e. The minimum absolute atomic E-state index is 0.140. The number of carbonyl (C=O) groups is 1. The largest absolute Gasteiger partial charge is 0.375 e. The molecular weight excluding hydrogens is 399 g/mol. The van der Waals surface area contributed by atoms with Crippen molar-refractivity contribution in [2.45, 2.75) is 39.1 Å². The van der Waals surface area contributed by atoms with E-state index in [0.717, 1.165) is 55.4 Å². The lowest BCUT2D eigenvalue weighted by molar-refractivity contribution is 0.0393. The fraction of sp³-hybridized carbons (Fsp3) is 0.545. The molecule has 5 rings (SSSR count). The van der Waals surface area contributed by atoms with Gasteiger partial charge in [0.05, 0.1) is 37.7 Å². The first-order chi connectivity index (χ1) is 15.0. The number of fused-ring (bicyclic) bond motifs is 1. The Morgan fingerprint density at radius 1 is 1.16 bits per heavy atom. The Morgan fingerprint density at radius 3 is 2.74 bits per heavy atom. The monoisotopic (exact) mass is 426 g/mol. The number of alkyl halides is 1. The van der Waals surface area contributed by atoms with Crippen molar-refractivity contribution in [2.24, 2.45) is 0 Å². The number of aromatic nitrogens is 3. The highest BCUT2D eigenvalue weighted by atomic mass is 19.1. The lowest BCUT2D eigenvalue weighted by Gasteiger charge is -2.35. The summed E-state index contributed by atoms with van der Waals surface area (Å²) in [4.78, 5) is 23.1. The fourth-order valence-corrected chi connectivity index (χ4v) is 4.47. The molecule has 5 heterocycles. The molecule has 1 amide bonds. The van der Waals surface area contributed by atoms with Crippen LogP contribution in [0.4, 0.5) is 15.9 Å². The summed E-state index contributed by atoms with van der Waals surface area (Å²) in [6, 6.07) is 3.99. The van der Waals surface area contributed by atoms with Gasteiger partial charge in [0.15, 0.2) is 11.5 Å². The second kappa shape index (κ2) is 8.03. The van der Waals surface area contributed by atoms with Crippen LogP contribution >= 0.6 is 0 Å². The van der Waals surface area contributed by atoms with Crippen molar-refractivity contribution in [1.29, 1.82) is 0 Å². The lowest BCUT2D eigenvalue weighted by atomic mass is 10.0. The van der Waals surface area contributed by atoms with Crippen LogP contribution in [0.15, 0.2) is 18.3 Å². The Bertz CT molecular complexity index is 996. The number of halogens is 1. The van der Waals surface area contributed by atoms with Crippen LogP contribution in [-0.2, 0) is 17.7 Å². The molecule has 3 aliphatic heterocycles. The first-order valence-corrected chi connectivity index (χ1v) is 10.8. The zero-order valence-corrected chi connectivity index (χ0v) is 17.9. The lowest BCUT2D eigenvalue weighted by Crippen LogP contribution is -2.51. The molecule has 1 atom stereocenters. The van der Waals surface area contributed by atoms with Crippen LogP contribution in [-0.4, -0.2) is 77.6 Å². The van der Waals surface area contributed by atoms with Crippen molar-refractivity contribution < 1.29 is 13.9 Å². The number of likely N-dealkylation sites (tertiary alicyclic amines) is 1. The van der Waals surface area contributed by atoms with E-state index in [0.29, 0.717) is 6.54 Å². The zero-order chi connectivity index (χ0) is 21.5. The molecule has 0 aliphatic carbocycles. The van der Waals surface area contributed by atoms with Gasteiger partial charge >= 0.3 is 0 Å². The summed E-state index contributed by atoms with van der Waals surface area (Å²) in [5, 5.41) is 8.52. The van der Waals surface area contributed by atoms with Gasteiger partial charge in [-0.3, -0.25) is 9.78 Å². The van der Waals surface area contributed by atoms with E-state index in [9.17, 15) is 9.18 Å². The van der Waals surface area contributed by atoms with Gasteiger partial charge in [0.25, 0.3) is 5.91 Å². The van der Waals surface area contributed by atoms with Crippen molar-refractivity contribution >= 4 is 17.4 Å². The molecule has 0 saturated carbocycles. The minimum atomic E-state index is -0.926. The number of aryl methyl sites for hydroxylation is 1. The molecule has 164 valence electrons. The highest BCUT2D eigenvalue weighted by molar-refractivity contribution is 5.93. The van der Waals surface area contributed by atoms with E-state index >= 15 is 0 Å². The van der Waals surface area contributed by atoms with Gasteiger partial charge < -0.3 is 19.4 Å². The third-order valence-electron chi connectivity index (χ3n) is 6.23. The van der Waals surface area contributed by atoms with Crippen LogP contribution in [0.1, 0.15) is 34.2 Å². The summed E-state index contributed by atoms with van der Waals surface area (Å²) >= 11 is 0. The Morgan fingerprint density at radius 2 is 2.00 bits per heavy atom. The Balaban J connectivity index is 1.33. The van der Waals surface area contributed by atoms with Gasteiger partial charge in [-0.1, -0.05) is 0 Å². The van der Waals surface area contributed by atoms with Gasteiger partial charge in [0.2, 0.25) is 0 Å². The molecule has 31 heavy (non-hydrogen) atoms. The third kappa shape index (κ3) is 3.94. The van der Waals surface area contributed by atoms with Crippen molar-refractivity contribution in [3.63, 3.8) is 0 Å². The maximum atomic E-state index is 13.1. The number of morpholine rings is 1. The smallest absolute Gasteiger partial charge is 0.274 e. The normalized spacial score (nSPS) is 21.6. The molecule has 0 N–H and O–H groups in total. The Hall–Kier alpha value is -2.81. The molecule has 0 unspecified atom stereocenters. The minimum Gasteiger partial charge on any atom is -0.375 e. The van der Waals surface area contributed by atoms with E-state index in [1.54, 1.807) is 6.07 Å². The molecule has 2 saturated heterocycles. The standard InChI is InChI=1S/C22H27FN6O2/c1-14-7-20(22(30)29-12-17(23)13-29)25-26-21(14)28-4-3-19-16(11-28)8-18(9-24-19)27-5-6-31-15(2)10-27/h7-9,15,17H,3-6,10-13H2,1-2H3/t15-/m1/s1. The van der Waals surface area contributed by atoms with Crippen molar-refractivity contribution in [3.05, 3.63) is 40.8 Å². The molecule has 3 aliphatic rings. The van der Waals surface area contributed by atoms with E-state index < -0.39 is 6.17 Å². The molecule has 0 aromatic carbocycles. The first kappa shape index (κ1) is 20.1. The van der Waals surface area contributed by atoms with E-state index in [2.05, 4.69) is 33.0 Å². The summed E-state index contributed by atoms with van der Waals surface area (Å²) in [6.07, 6.45) is 2.09. The average molecular weight is 426 g/mol. The van der Waals surface area contributed by atoms with Gasteiger partial charge in [0.1, 0.15) is 6.17 Å². The number of rotatable bonds is 3. The predicted molar refractivity (Wildman–Crippen MR) is 114 cm³/mol. The van der Waals surface area contributed by atoms with E-state index in [1.165, 1.54) is 10.5 Å². The number of anilines is 2. The van der Waals surface area contributed by atoms with Gasteiger partial charge in [-0.15, -0.1) is 10.2 Å².